The Kier molecular flexibility index (Phi) is 6.22. The summed E-state index contributed by atoms with van der Waals surface area (Å²) in [5.41, 5.74) is 1.13. The molecule has 1 fully saturated rings. The van der Waals surface area contributed by atoms with Crippen LogP contribution in [0.2, 0.25) is 0 Å². The molecule has 5 nitrogen and oxygen atoms in total. The zero-order valence-corrected chi connectivity index (χ0v) is 12.2. The van der Waals surface area contributed by atoms with Gasteiger partial charge in [0, 0.05) is 6.54 Å². The molecule has 1 saturated heterocycles. The number of hydrogen-bond acceptors (Lipinski definition) is 3. The van der Waals surface area contributed by atoms with Crippen LogP contribution >= 0.6 is 0 Å². The lowest BCUT2D eigenvalue weighted by Gasteiger charge is -2.35. The van der Waals surface area contributed by atoms with Gasteiger partial charge in [-0.05, 0) is 24.8 Å². The molecule has 2 rings (SSSR count). The molecule has 0 aromatic heterocycles. The van der Waals surface area contributed by atoms with E-state index in [9.17, 15) is 9.59 Å². The molecule has 1 aliphatic rings. The van der Waals surface area contributed by atoms with Gasteiger partial charge in [-0.1, -0.05) is 30.3 Å². The summed E-state index contributed by atoms with van der Waals surface area (Å²) in [6, 6.07) is 9.91. The number of carbonyl (C=O) groups excluding carboxylic acids is 2. The summed E-state index contributed by atoms with van der Waals surface area (Å²) in [7, 11) is 0. The third-order valence-electron chi connectivity index (χ3n) is 3.65. The first-order chi connectivity index (χ1) is 10.3. The first-order valence-corrected chi connectivity index (χ1v) is 7.41. The Balaban J connectivity index is 1.81. The SMILES string of the molecule is O=CCNC(=O)N1CCCC[C@H]1COCc1ccccc1. The van der Waals surface area contributed by atoms with Crippen molar-refractivity contribution in [1.29, 1.82) is 0 Å². The molecule has 1 aliphatic heterocycles. The van der Waals surface area contributed by atoms with E-state index in [4.69, 9.17) is 4.74 Å². The van der Waals surface area contributed by atoms with Crippen molar-refractivity contribution < 1.29 is 14.3 Å². The summed E-state index contributed by atoms with van der Waals surface area (Å²) in [4.78, 5) is 24.1. The van der Waals surface area contributed by atoms with Crippen molar-refractivity contribution in [2.24, 2.45) is 0 Å². The van der Waals surface area contributed by atoms with Gasteiger partial charge in [0.15, 0.2) is 0 Å². The van der Waals surface area contributed by atoms with E-state index in [2.05, 4.69) is 5.32 Å². The third-order valence-corrected chi connectivity index (χ3v) is 3.65. The summed E-state index contributed by atoms with van der Waals surface area (Å²) < 4.78 is 5.75. The summed E-state index contributed by atoms with van der Waals surface area (Å²) in [5, 5.41) is 2.60. The van der Waals surface area contributed by atoms with Gasteiger partial charge < -0.3 is 19.7 Å². The van der Waals surface area contributed by atoms with Crippen LogP contribution in [0, 0.1) is 0 Å². The largest absolute Gasteiger partial charge is 0.375 e. The van der Waals surface area contributed by atoms with Crippen molar-refractivity contribution in [2.75, 3.05) is 19.7 Å². The maximum absolute atomic E-state index is 12.0. The molecule has 2 amide bonds. The number of nitrogens with one attached hydrogen (secondary N) is 1. The van der Waals surface area contributed by atoms with Gasteiger partial charge in [-0.2, -0.15) is 0 Å². The second-order valence-electron chi connectivity index (χ2n) is 5.20. The van der Waals surface area contributed by atoms with Gasteiger partial charge in [-0.25, -0.2) is 4.79 Å². The monoisotopic (exact) mass is 290 g/mol. The van der Waals surface area contributed by atoms with Crippen molar-refractivity contribution in [2.45, 2.75) is 31.9 Å². The Hall–Kier alpha value is -1.88. The van der Waals surface area contributed by atoms with Gasteiger partial charge in [0.2, 0.25) is 0 Å². The standard InChI is InChI=1S/C16H22N2O3/c19-11-9-17-16(20)18-10-5-4-8-15(18)13-21-12-14-6-2-1-3-7-14/h1-3,6-7,11,15H,4-5,8-10,12-13H2,(H,17,20)/t15-/m0/s1. The Morgan fingerprint density at radius 1 is 1.33 bits per heavy atom. The van der Waals surface area contributed by atoms with E-state index in [1.807, 2.05) is 30.3 Å². The minimum Gasteiger partial charge on any atom is -0.375 e. The third kappa shape index (κ3) is 4.86. The lowest BCUT2D eigenvalue weighted by Crippen LogP contribution is -2.50. The Morgan fingerprint density at radius 3 is 2.90 bits per heavy atom. The number of aldehydes is 1. The van der Waals surface area contributed by atoms with E-state index >= 15 is 0 Å². The van der Waals surface area contributed by atoms with E-state index < -0.39 is 0 Å². The summed E-state index contributed by atoms with van der Waals surface area (Å²) in [6.07, 6.45) is 3.76. The number of likely N-dealkylation sites (tertiary alicyclic amines) is 1. The Labute approximate surface area is 125 Å². The molecular weight excluding hydrogens is 268 g/mol. The van der Waals surface area contributed by atoms with Crippen LogP contribution in [0.15, 0.2) is 30.3 Å². The lowest BCUT2D eigenvalue weighted by atomic mass is 10.0. The van der Waals surface area contributed by atoms with Crippen molar-refractivity contribution in [3.63, 3.8) is 0 Å². The van der Waals surface area contributed by atoms with Crippen LogP contribution in [0.5, 0.6) is 0 Å². The second-order valence-corrected chi connectivity index (χ2v) is 5.20. The van der Waals surface area contributed by atoms with Gasteiger partial charge in [0.25, 0.3) is 0 Å². The van der Waals surface area contributed by atoms with Crippen LogP contribution in [0.3, 0.4) is 0 Å². The predicted molar refractivity (Wildman–Crippen MR) is 79.9 cm³/mol. The zero-order chi connectivity index (χ0) is 14.9. The molecule has 1 N–H and O–H groups in total. The number of ether oxygens (including phenoxy) is 1. The topological polar surface area (TPSA) is 58.6 Å². The zero-order valence-electron chi connectivity index (χ0n) is 12.2. The molecule has 1 aromatic carbocycles. The van der Waals surface area contributed by atoms with E-state index in [1.54, 1.807) is 4.90 Å². The van der Waals surface area contributed by atoms with Gasteiger partial charge >= 0.3 is 6.03 Å². The Morgan fingerprint density at radius 2 is 2.14 bits per heavy atom. The van der Waals surface area contributed by atoms with Crippen LogP contribution in [0.4, 0.5) is 4.79 Å². The predicted octanol–water partition coefficient (Wildman–Crippen LogP) is 1.97. The normalized spacial score (nSPS) is 18.3. The number of carbonyl (C=O) groups is 2. The highest BCUT2D eigenvalue weighted by atomic mass is 16.5. The van der Waals surface area contributed by atoms with Crippen molar-refractivity contribution in [1.82, 2.24) is 10.2 Å². The number of benzene rings is 1. The molecule has 1 atom stereocenters. The molecule has 0 spiro atoms. The van der Waals surface area contributed by atoms with E-state index in [1.165, 1.54) is 0 Å². The van der Waals surface area contributed by atoms with Crippen LogP contribution in [0.25, 0.3) is 0 Å². The molecule has 21 heavy (non-hydrogen) atoms. The fraction of sp³-hybridized carbons (Fsp3) is 0.500. The number of rotatable bonds is 6. The maximum Gasteiger partial charge on any atom is 0.318 e. The summed E-state index contributed by atoms with van der Waals surface area (Å²) in [5.74, 6) is 0. The van der Waals surface area contributed by atoms with Gasteiger partial charge in [-0.3, -0.25) is 0 Å². The second kappa shape index (κ2) is 8.42. The maximum atomic E-state index is 12.0. The van der Waals surface area contributed by atoms with Gasteiger partial charge in [0.05, 0.1) is 25.8 Å². The molecule has 0 unspecified atom stereocenters. The highest BCUT2D eigenvalue weighted by molar-refractivity contribution is 5.77. The average molecular weight is 290 g/mol. The molecule has 0 radical (unpaired) electrons. The first kappa shape index (κ1) is 15.5. The van der Waals surface area contributed by atoms with E-state index in [0.717, 1.165) is 31.4 Å². The molecule has 0 saturated carbocycles. The quantitative estimate of drug-likeness (QED) is 0.815. The fourth-order valence-electron chi connectivity index (χ4n) is 2.56. The van der Waals surface area contributed by atoms with Crippen molar-refractivity contribution in [3.05, 3.63) is 35.9 Å². The Bertz CT molecular complexity index is 450. The summed E-state index contributed by atoms with van der Waals surface area (Å²) >= 11 is 0. The molecule has 0 bridgehead atoms. The first-order valence-electron chi connectivity index (χ1n) is 7.41. The minimum absolute atomic E-state index is 0.0624. The number of hydrogen-bond donors (Lipinski definition) is 1. The number of nitrogens with zero attached hydrogens (tertiary/aromatic N) is 1. The molecular formula is C16H22N2O3. The smallest absolute Gasteiger partial charge is 0.318 e. The molecule has 1 heterocycles. The number of amides is 2. The van der Waals surface area contributed by atoms with E-state index in [0.29, 0.717) is 19.5 Å². The van der Waals surface area contributed by atoms with Crippen LogP contribution < -0.4 is 5.32 Å². The molecule has 1 aromatic rings. The highest BCUT2D eigenvalue weighted by Gasteiger charge is 2.26. The highest BCUT2D eigenvalue weighted by Crippen LogP contribution is 2.17. The van der Waals surface area contributed by atoms with E-state index in [-0.39, 0.29) is 18.6 Å². The minimum atomic E-state index is -0.171. The average Bonchev–Trinajstić information content (AvgIpc) is 2.54. The molecule has 0 aliphatic carbocycles. The number of urea groups is 1. The van der Waals surface area contributed by atoms with Gasteiger partial charge in [-0.15, -0.1) is 0 Å². The van der Waals surface area contributed by atoms with Crippen LogP contribution in [0.1, 0.15) is 24.8 Å². The lowest BCUT2D eigenvalue weighted by molar-refractivity contribution is -0.107. The van der Waals surface area contributed by atoms with Crippen molar-refractivity contribution >= 4 is 12.3 Å². The molecule has 114 valence electrons. The van der Waals surface area contributed by atoms with Gasteiger partial charge in [0.1, 0.15) is 6.29 Å². The van der Waals surface area contributed by atoms with Crippen LogP contribution in [-0.4, -0.2) is 43.0 Å². The van der Waals surface area contributed by atoms with Crippen molar-refractivity contribution in [3.8, 4) is 0 Å². The fourth-order valence-corrected chi connectivity index (χ4v) is 2.56. The molecule has 5 heteroatoms. The summed E-state index contributed by atoms with van der Waals surface area (Å²) in [6.45, 7) is 1.88. The number of piperidine rings is 1. The van der Waals surface area contributed by atoms with Crippen LogP contribution in [-0.2, 0) is 16.1 Å².